The van der Waals surface area contributed by atoms with E-state index in [0.717, 1.165) is 5.56 Å². The van der Waals surface area contributed by atoms with Crippen LogP contribution in [0.15, 0.2) is 30.3 Å². The Morgan fingerprint density at radius 3 is 2.43 bits per heavy atom. The van der Waals surface area contributed by atoms with E-state index in [9.17, 15) is 9.59 Å². The molecule has 1 heterocycles. The predicted octanol–water partition coefficient (Wildman–Crippen LogP) is 1.92. The largest absolute Gasteiger partial charge is 0.481 e. The first kappa shape index (κ1) is 15.5. The summed E-state index contributed by atoms with van der Waals surface area (Å²) in [6.07, 6.45) is 0.986. The van der Waals surface area contributed by atoms with E-state index in [4.69, 9.17) is 9.84 Å². The van der Waals surface area contributed by atoms with E-state index in [1.54, 1.807) is 11.8 Å². The lowest BCUT2D eigenvalue weighted by Crippen LogP contribution is -2.46. The number of carbonyl (C=O) groups is 2. The molecular formula is C16H21NO4. The van der Waals surface area contributed by atoms with Crippen molar-refractivity contribution >= 4 is 11.9 Å². The molecule has 5 heteroatoms. The van der Waals surface area contributed by atoms with E-state index in [2.05, 4.69) is 0 Å². The van der Waals surface area contributed by atoms with Crippen molar-refractivity contribution in [1.29, 1.82) is 0 Å². The number of rotatable bonds is 5. The lowest BCUT2D eigenvalue weighted by atomic mass is 9.80. The Bertz CT molecular complexity index is 492. The second kappa shape index (κ2) is 6.72. The summed E-state index contributed by atoms with van der Waals surface area (Å²) in [7, 11) is 0. The summed E-state index contributed by atoms with van der Waals surface area (Å²) in [5.41, 5.74) is 0.323. The molecule has 1 aliphatic heterocycles. The normalized spacial score (nSPS) is 17.5. The van der Waals surface area contributed by atoms with Crippen LogP contribution in [0.2, 0.25) is 0 Å². The number of hydrogen-bond donors (Lipinski definition) is 1. The van der Waals surface area contributed by atoms with Crippen LogP contribution in [0, 0.1) is 5.41 Å². The summed E-state index contributed by atoms with van der Waals surface area (Å²) >= 11 is 0. The molecule has 1 aromatic rings. The fourth-order valence-corrected chi connectivity index (χ4v) is 2.39. The highest BCUT2D eigenvalue weighted by Crippen LogP contribution is 2.30. The van der Waals surface area contributed by atoms with Crippen LogP contribution in [0.5, 0.6) is 0 Å². The van der Waals surface area contributed by atoms with Crippen molar-refractivity contribution in [2.75, 3.05) is 19.7 Å². The van der Waals surface area contributed by atoms with Crippen LogP contribution < -0.4 is 0 Å². The Morgan fingerprint density at radius 1 is 1.24 bits per heavy atom. The highest BCUT2D eigenvalue weighted by Gasteiger charge is 2.37. The molecule has 1 N–H and O–H groups in total. The molecule has 0 aromatic heterocycles. The maximum absolute atomic E-state index is 12.0. The van der Waals surface area contributed by atoms with Crippen LogP contribution >= 0.6 is 0 Å². The van der Waals surface area contributed by atoms with Crippen molar-refractivity contribution < 1.29 is 19.4 Å². The number of ether oxygens (including phenoxy) is 1. The molecule has 1 fully saturated rings. The van der Waals surface area contributed by atoms with E-state index >= 15 is 0 Å². The Kier molecular flexibility index (Phi) is 4.96. The standard InChI is InChI=1S/C16H21NO4/c1-16(15(19)20)7-9-17(10-8-16)14(18)12-21-11-13-5-3-2-4-6-13/h2-6H,7-12H2,1H3,(H,19,20). The lowest BCUT2D eigenvalue weighted by Gasteiger charge is -2.36. The van der Waals surface area contributed by atoms with E-state index < -0.39 is 11.4 Å². The lowest BCUT2D eigenvalue weighted by molar-refractivity contribution is -0.153. The van der Waals surface area contributed by atoms with Gasteiger partial charge in [-0.25, -0.2) is 0 Å². The first-order chi connectivity index (χ1) is 10.0. The Morgan fingerprint density at radius 2 is 1.86 bits per heavy atom. The zero-order valence-corrected chi connectivity index (χ0v) is 12.2. The summed E-state index contributed by atoms with van der Waals surface area (Å²) in [4.78, 5) is 24.9. The molecule has 0 bridgehead atoms. The molecule has 0 spiro atoms. The van der Waals surface area contributed by atoms with Crippen LogP contribution in [0.25, 0.3) is 0 Å². The SMILES string of the molecule is CC1(C(=O)O)CCN(C(=O)COCc2ccccc2)CC1. The summed E-state index contributed by atoms with van der Waals surface area (Å²) in [6.45, 7) is 3.15. The average molecular weight is 291 g/mol. The van der Waals surface area contributed by atoms with Gasteiger partial charge in [-0.2, -0.15) is 0 Å². The van der Waals surface area contributed by atoms with Gasteiger partial charge in [0.2, 0.25) is 5.91 Å². The van der Waals surface area contributed by atoms with Gasteiger partial charge >= 0.3 is 5.97 Å². The van der Waals surface area contributed by atoms with Gasteiger partial charge in [0.1, 0.15) is 6.61 Å². The number of piperidine rings is 1. The second-order valence-electron chi connectivity index (χ2n) is 5.72. The van der Waals surface area contributed by atoms with Crippen LogP contribution in [0.1, 0.15) is 25.3 Å². The maximum atomic E-state index is 12.0. The molecule has 0 saturated carbocycles. The van der Waals surface area contributed by atoms with Crippen LogP contribution in [-0.4, -0.2) is 41.6 Å². The first-order valence-electron chi connectivity index (χ1n) is 7.14. The number of nitrogens with zero attached hydrogens (tertiary/aromatic N) is 1. The zero-order valence-electron chi connectivity index (χ0n) is 12.2. The van der Waals surface area contributed by atoms with E-state index in [1.807, 2.05) is 30.3 Å². The van der Waals surface area contributed by atoms with Gasteiger partial charge in [-0.1, -0.05) is 30.3 Å². The maximum Gasteiger partial charge on any atom is 0.309 e. The van der Waals surface area contributed by atoms with Crippen molar-refractivity contribution in [2.24, 2.45) is 5.41 Å². The van der Waals surface area contributed by atoms with Gasteiger partial charge in [-0.15, -0.1) is 0 Å². The van der Waals surface area contributed by atoms with Crippen LogP contribution in [-0.2, 0) is 20.9 Å². The third-order valence-electron chi connectivity index (χ3n) is 4.07. The number of aliphatic carboxylic acids is 1. The topological polar surface area (TPSA) is 66.8 Å². The van der Waals surface area contributed by atoms with Crippen molar-refractivity contribution in [3.8, 4) is 0 Å². The van der Waals surface area contributed by atoms with Gasteiger partial charge < -0.3 is 14.7 Å². The number of carboxylic acids is 1. The van der Waals surface area contributed by atoms with Gasteiger partial charge in [0.05, 0.1) is 12.0 Å². The quantitative estimate of drug-likeness (QED) is 0.900. The molecular weight excluding hydrogens is 270 g/mol. The highest BCUT2D eigenvalue weighted by atomic mass is 16.5. The minimum absolute atomic E-state index is 0.0404. The summed E-state index contributed by atoms with van der Waals surface area (Å²) in [6, 6.07) is 9.69. The van der Waals surface area contributed by atoms with Crippen molar-refractivity contribution in [2.45, 2.75) is 26.4 Å². The molecule has 5 nitrogen and oxygen atoms in total. The molecule has 21 heavy (non-hydrogen) atoms. The molecule has 1 saturated heterocycles. The first-order valence-corrected chi connectivity index (χ1v) is 7.14. The number of benzene rings is 1. The molecule has 1 aromatic carbocycles. The fourth-order valence-electron chi connectivity index (χ4n) is 2.39. The van der Waals surface area contributed by atoms with Crippen LogP contribution in [0.4, 0.5) is 0 Å². The van der Waals surface area contributed by atoms with Gasteiger partial charge in [-0.3, -0.25) is 9.59 Å². The Labute approximate surface area is 124 Å². The number of amides is 1. The smallest absolute Gasteiger partial charge is 0.309 e. The van der Waals surface area contributed by atoms with Gasteiger partial charge in [-0.05, 0) is 25.3 Å². The molecule has 1 aliphatic rings. The second-order valence-corrected chi connectivity index (χ2v) is 5.72. The molecule has 0 unspecified atom stereocenters. The summed E-state index contributed by atoms with van der Waals surface area (Å²) < 4.78 is 5.43. The molecule has 2 rings (SSSR count). The molecule has 0 aliphatic carbocycles. The minimum Gasteiger partial charge on any atom is -0.481 e. The minimum atomic E-state index is -0.782. The van der Waals surface area contributed by atoms with Crippen LogP contribution in [0.3, 0.4) is 0 Å². The third-order valence-corrected chi connectivity index (χ3v) is 4.07. The molecule has 114 valence electrons. The number of hydrogen-bond acceptors (Lipinski definition) is 3. The van der Waals surface area contributed by atoms with Crippen molar-refractivity contribution in [3.63, 3.8) is 0 Å². The Balaban J connectivity index is 1.74. The predicted molar refractivity (Wildman–Crippen MR) is 77.7 cm³/mol. The molecule has 0 radical (unpaired) electrons. The van der Waals surface area contributed by atoms with E-state index in [-0.39, 0.29) is 12.5 Å². The van der Waals surface area contributed by atoms with Crippen molar-refractivity contribution in [1.82, 2.24) is 4.90 Å². The third kappa shape index (κ3) is 4.04. The monoisotopic (exact) mass is 291 g/mol. The number of likely N-dealkylation sites (tertiary alicyclic amines) is 1. The average Bonchev–Trinajstić information content (AvgIpc) is 2.49. The van der Waals surface area contributed by atoms with Crippen molar-refractivity contribution in [3.05, 3.63) is 35.9 Å². The van der Waals surface area contributed by atoms with Gasteiger partial charge in [0.25, 0.3) is 0 Å². The zero-order chi connectivity index (χ0) is 15.3. The fraction of sp³-hybridized carbons (Fsp3) is 0.500. The molecule has 0 atom stereocenters. The number of carbonyl (C=O) groups excluding carboxylic acids is 1. The van der Waals surface area contributed by atoms with Gasteiger partial charge in [0, 0.05) is 13.1 Å². The summed E-state index contributed by atoms with van der Waals surface area (Å²) in [5, 5.41) is 9.16. The van der Waals surface area contributed by atoms with E-state index in [0.29, 0.717) is 32.5 Å². The highest BCUT2D eigenvalue weighted by molar-refractivity contribution is 5.79. The number of carboxylic acid groups (broad SMARTS) is 1. The van der Waals surface area contributed by atoms with Gasteiger partial charge in [0.15, 0.2) is 0 Å². The molecule has 1 amide bonds. The summed E-state index contributed by atoms with van der Waals surface area (Å²) in [5.74, 6) is -0.853. The Hall–Kier alpha value is -1.88. The van der Waals surface area contributed by atoms with E-state index in [1.165, 1.54) is 0 Å².